The van der Waals surface area contributed by atoms with Gasteiger partial charge < -0.3 is 19.5 Å². The lowest BCUT2D eigenvalue weighted by Gasteiger charge is -2.10. The third-order valence-electron chi connectivity index (χ3n) is 2.49. The largest absolute Gasteiger partial charge is 0.489 e. The standard InChI is InChI=1S/C12H13BO4/c1-16-8-17-10-6-9-4-2-3-5-11(9)12(7-10)13(14)15/h2-7,14-15H,8H2,1H3. The summed E-state index contributed by atoms with van der Waals surface area (Å²) in [6.07, 6.45) is 0. The Bertz CT molecular complexity index is 513. The molecule has 4 nitrogen and oxygen atoms in total. The predicted molar refractivity (Wildman–Crippen MR) is 66.3 cm³/mol. The highest BCUT2D eigenvalue weighted by atomic mass is 16.7. The molecule has 5 heteroatoms. The molecule has 2 N–H and O–H groups in total. The topological polar surface area (TPSA) is 58.9 Å². The summed E-state index contributed by atoms with van der Waals surface area (Å²) in [5.41, 5.74) is 0.425. The molecular weight excluding hydrogens is 219 g/mol. The van der Waals surface area contributed by atoms with Gasteiger partial charge in [0.15, 0.2) is 6.79 Å². The minimum absolute atomic E-state index is 0.124. The summed E-state index contributed by atoms with van der Waals surface area (Å²) in [5.74, 6) is 0.550. The maximum Gasteiger partial charge on any atom is 0.489 e. The maximum absolute atomic E-state index is 9.34. The van der Waals surface area contributed by atoms with Crippen molar-refractivity contribution in [2.45, 2.75) is 0 Å². The van der Waals surface area contributed by atoms with Gasteiger partial charge in [-0.3, -0.25) is 0 Å². The minimum Gasteiger partial charge on any atom is -0.468 e. The van der Waals surface area contributed by atoms with Gasteiger partial charge in [0, 0.05) is 7.11 Å². The normalized spacial score (nSPS) is 10.5. The van der Waals surface area contributed by atoms with Crippen LogP contribution in [0.1, 0.15) is 0 Å². The van der Waals surface area contributed by atoms with Crippen molar-refractivity contribution in [3.05, 3.63) is 36.4 Å². The van der Waals surface area contributed by atoms with Crippen molar-refractivity contribution in [1.29, 1.82) is 0 Å². The molecule has 0 saturated carbocycles. The SMILES string of the molecule is COCOc1cc(B(O)O)c2ccccc2c1. The first-order valence-corrected chi connectivity index (χ1v) is 5.23. The Balaban J connectivity index is 2.51. The third-order valence-corrected chi connectivity index (χ3v) is 2.49. The van der Waals surface area contributed by atoms with Crippen LogP contribution in [0.15, 0.2) is 36.4 Å². The summed E-state index contributed by atoms with van der Waals surface area (Å²) in [7, 11) is 0.00838. The fourth-order valence-corrected chi connectivity index (χ4v) is 1.74. The van der Waals surface area contributed by atoms with Crippen molar-refractivity contribution in [3.63, 3.8) is 0 Å². The lowest BCUT2D eigenvalue weighted by molar-refractivity contribution is 0.0513. The highest BCUT2D eigenvalue weighted by molar-refractivity contribution is 6.62. The van der Waals surface area contributed by atoms with Crippen LogP contribution in [0.2, 0.25) is 0 Å². The van der Waals surface area contributed by atoms with Crippen LogP contribution in [0.5, 0.6) is 5.75 Å². The predicted octanol–water partition coefficient (Wildman–Crippen LogP) is 0.502. The van der Waals surface area contributed by atoms with E-state index >= 15 is 0 Å². The van der Waals surface area contributed by atoms with Gasteiger partial charge in [-0.1, -0.05) is 24.3 Å². The van der Waals surface area contributed by atoms with E-state index in [4.69, 9.17) is 9.47 Å². The van der Waals surface area contributed by atoms with E-state index in [1.807, 2.05) is 30.3 Å². The second-order valence-corrected chi connectivity index (χ2v) is 3.66. The van der Waals surface area contributed by atoms with Crippen molar-refractivity contribution in [1.82, 2.24) is 0 Å². The second-order valence-electron chi connectivity index (χ2n) is 3.66. The van der Waals surface area contributed by atoms with Crippen LogP contribution in [0.25, 0.3) is 10.8 Å². The number of methoxy groups -OCH3 is 1. The first kappa shape index (κ1) is 11.9. The number of fused-ring (bicyclic) bond motifs is 1. The van der Waals surface area contributed by atoms with E-state index < -0.39 is 7.12 Å². The fourth-order valence-electron chi connectivity index (χ4n) is 1.74. The molecule has 88 valence electrons. The monoisotopic (exact) mass is 232 g/mol. The maximum atomic E-state index is 9.34. The second kappa shape index (κ2) is 5.18. The Labute approximate surface area is 99.6 Å². The zero-order chi connectivity index (χ0) is 12.3. The zero-order valence-corrected chi connectivity index (χ0v) is 9.46. The van der Waals surface area contributed by atoms with Gasteiger partial charge in [0.1, 0.15) is 5.75 Å². The van der Waals surface area contributed by atoms with E-state index in [0.717, 1.165) is 10.8 Å². The Kier molecular flexibility index (Phi) is 3.63. The molecule has 17 heavy (non-hydrogen) atoms. The van der Waals surface area contributed by atoms with E-state index in [1.165, 1.54) is 7.11 Å². The Morgan fingerprint density at radius 3 is 2.65 bits per heavy atom. The van der Waals surface area contributed by atoms with Crippen LogP contribution in [0.3, 0.4) is 0 Å². The molecule has 0 aliphatic rings. The van der Waals surface area contributed by atoms with Crippen molar-refractivity contribution in [3.8, 4) is 5.75 Å². The van der Waals surface area contributed by atoms with E-state index in [0.29, 0.717) is 11.2 Å². The average molecular weight is 232 g/mol. The lowest BCUT2D eigenvalue weighted by atomic mass is 9.77. The number of rotatable bonds is 4. The van der Waals surface area contributed by atoms with Crippen LogP contribution in [0.4, 0.5) is 0 Å². The number of benzene rings is 2. The molecule has 2 aromatic carbocycles. The van der Waals surface area contributed by atoms with Crippen LogP contribution in [-0.2, 0) is 4.74 Å². The molecule has 0 heterocycles. The molecule has 0 aromatic heterocycles. The molecule has 0 radical (unpaired) electrons. The van der Waals surface area contributed by atoms with Gasteiger partial charge in [-0.25, -0.2) is 0 Å². The molecule has 0 saturated heterocycles. The van der Waals surface area contributed by atoms with Crippen molar-refractivity contribution in [2.75, 3.05) is 13.9 Å². The number of hydrogen-bond acceptors (Lipinski definition) is 4. The molecule has 0 unspecified atom stereocenters. The molecule has 0 fully saturated rings. The average Bonchev–Trinajstić information content (AvgIpc) is 2.35. The van der Waals surface area contributed by atoms with Crippen molar-refractivity contribution in [2.24, 2.45) is 0 Å². The van der Waals surface area contributed by atoms with E-state index in [2.05, 4.69) is 0 Å². The number of ether oxygens (including phenoxy) is 2. The molecule has 0 spiro atoms. The van der Waals surface area contributed by atoms with E-state index in [-0.39, 0.29) is 6.79 Å². The summed E-state index contributed by atoms with van der Waals surface area (Å²) >= 11 is 0. The molecule has 0 atom stereocenters. The van der Waals surface area contributed by atoms with Crippen LogP contribution in [0, 0.1) is 0 Å². The summed E-state index contributed by atoms with van der Waals surface area (Å²) in [6, 6.07) is 10.9. The molecule has 0 amide bonds. The quantitative estimate of drug-likeness (QED) is 0.595. The van der Waals surface area contributed by atoms with Gasteiger partial charge >= 0.3 is 7.12 Å². The van der Waals surface area contributed by atoms with Gasteiger partial charge in [-0.15, -0.1) is 0 Å². The van der Waals surface area contributed by atoms with Crippen molar-refractivity contribution >= 4 is 23.4 Å². The Morgan fingerprint density at radius 2 is 1.94 bits per heavy atom. The van der Waals surface area contributed by atoms with Gasteiger partial charge in [0.05, 0.1) is 0 Å². The molecule has 2 aromatic rings. The Morgan fingerprint density at radius 1 is 1.18 bits per heavy atom. The van der Waals surface area contributed by atoms with Crippen molar-refractivity contribution < 1.29 is 19.5 Å². The summed E-state index contributed by atoms with van der Waals surface area (Å²) in [4.78, 5) is 0. The number of hydrogen-bond donors (Lipinski definition) is 2. The van der Waals surface area contributed by atoms with Gasteiger partial charge in [0.25, 0.3) is 0 Å². The molecule has 2 rings (SSSR count). The minimum atomic E-state index is -1.52. The summed E-state index contributed by atoms with van der Waals surface area (Å²) < 4.78 is 10.1. The van der Waals surface area contributed by atoms with Gasteiger partial charge in [0.2, 0.25) is 0 Å². The zero-order valence-electron chi connectivity index (χ0n) is 9.46. The Hall–Kier alpha value is -1.56. The van der Waals surface area contributed by atoms with Crippen LogP contribution in [-0.4, -0.2) is 31.1 Å². The van der Waals surface area contributed by atoms with Gasteiger partial charge in [-0.2, -0.15) is 0 Å². The fraction of sp³-hybridized carbons (Fsp3) is 0.167. The van der Waals surface area contributed by atoms with E-state index in [1.54, 1.807) is 6.07 Å². The summed E-state index contributed by atoms with van der Waals surface area (Å²) in [6.45, 7) is 0.124. The molecular formula is C12H13BO4. The first-order chi connectivity index (χ1) is 8.22. The first-order valence-electron chi connectivity index (χ1n) is 5.23. The highest BCUT2D eigenvalue weighted by Crippen LogP contribution is 2.19. The molecule has 0 aliphatic heterocycles. The smallest absolute Gasteiger partial charge is 0.468 e. The van der Waals surface area contributed by atoms with Crippen LogP contribution < -0.4 is 10.2 Å². The van der Waals surface area contributed by atoms with Crippen LogP contribution >= 0.6 is 0 Å². The summed E-state index contributed by atoms with van der Waals surface area (Å²) in [5, 5.41) is 20.4. The van der Waals surface area contributed by atoms with Gasteiger partial charge in [-0.05, 0) is 28.4 Å². The molecule has 0 aliphatic carbocycles. The lowest BCUT2D eigenvalue weighted by Crippen LogP contribution is -2.30. The highest BCUT2D eigenvalue weighted by Gasteiger charge is 2.16. The third kappa shape index (κ3) is 2.58. The molecule has 0 bridgehead atoms. The van der Waals surface area contributed by atoms with E-state index in [9.17, 15) is 10.0 Å².